The summed E-state index contributed by atoms with van der Waals surface area (Å²) in [5.41, 5.74) is -5.69. The van der Waals surface area contributed by atoms with Crippen molar-refractivity contribution in [1.29, 1.82) is 0 Å². The minimum atomic E-state index is -5.93. The van der Waals surface area contributed by atoms with Gasteiger partial charge >= 0.3 is 12.4 Å². The lowest BCUT2D eigenvalue weighted by Crippen LogP contribution is -2.55. The van der Waals surface area contributed by atoms with Crippen molar-refractivity contribution in [2.24, 2.45) is 5.16 Å². The van der Waals surface area contributed by atoms with Crippen LogP contribution in [0.25, 0.3) is 0 Å². The first-order valence-corrected chi connectivity index (χ1v) is 13.8. The zero-order valence-electron chi connectivity index (χ0n) is 21.2. The van der Waals surface area contributed by atoms with Gasteiger partial charge in [-0.05, 0) is 61.1 Å². The summed E-state index contributed by atoms with van der Waals surface area (Å²) in [7, 11) is -4.36. The van der Waals surface area contributed by atoms with Crippen LogP contribution in [-0.4, -0.2) is 31.7 Å². The van der Waals surface area contributed by atoms with E-state index in [1.807, 2.05) is 0 Å². The van der Waals surface area contributed by atoms with Crippen molar-refractivity contribution in [2.75, 3.05) is 0 Å². The van der Waals surface area contributed by atoms with E-state index in [4.69, 9.17) is 5.21 Å². The van der Waals surface area contributed by atoms with Gasteiger partial charge in [0.2, 0.25) is 0 Å². The maximum absolute atomic E-state index is 14.3. The van der Waals surface area contributed by atoms with Crippen LogP contribution in [0.5, 0.6) is 0 Å². The average molecular weight is 604 g/mol. The first kappa shape index (κ1) is 30.5. The van der Waals surface area contributed by atoms with Crippen LogP contribution in [0.1, 0.15) is 42.4 Å². The molecule has 0 bridgehead atoms. The number of halogens is 7. The molecule has 41 heavy (non-hydrogen) atoms. The smallest absolute Gasteiger partial charge is 0.411 e. The van der Waals surface area contributed by atoms with Crippen molar-refractivity contribution in [3.63, 3.8) is 0 Å². The van der Waals surface area contributed by atoms with Crippen molar-refractivity contribution in [3.05, 3.63) is 101 Å². The molecule has 13 heteroatoms. The standard InChI is InChI=1S/C28H24F7NO4S/c29-22-10-12-24(13-11-22)41(38,39)25(16-14-23(36-37)15-17-25)20-6-8-21(9-7-20)26(27(30,31)32,28(33,34)35)40-18-19-4-2-1-3-5-19/h1-13,37H,14-18H2. The fourth-order valence-corrected chi connectivity index (χ4v) is 7.24. The fraction of sp³-hybridized carbons (Fsp3) is 0.321. The van der Waals surface area contributed by atoms with Crippen LogP contribution in [0, 0.1) is 5.82 Å². The number of ether oxygens (including phenoxy) is 1. The van der Waals surface area contributed by atoms with Crippen molar-refractivity contribution in [1.82, 2.24) is 0 Å². The SMILES string of the molecule is O=S(=O)(c1ccc(F)cc1)C1(c2ccc(C(OCc3ccccc3)(C(F)(F)F)C(F)(F)F)cc2)CCC(=NO)CC1. The molecule has 220 valence electrons. The molecule has 0 heterocycles. The van der Waals surface area contributed by atoms with Crippen LogP contribution in [0.15, 0.2) is 88.9 Å². The Balaban J connectivity index is 1.83. The van der Waals surface area contributed by atoms with E-state index in [-0.39, 0.29) is 47.4 Å². The van der Waals surface area contributed by atoms with E-state index < -0.39 is 50.5 Å². The van der Waals surface area contributed by atoms with Gasteiger partial charge in [-0.15, -0.1) is 0 Å². The highest BCUT2D eigenvalue weighted by molar-refractivity contribution is 7.92. The monoisotopic (exact) mass is 603 g/mol. The van der Waals surface area contributed by atoms with Crippen molar-refractivity contribution < 1.29 is 49.1 Å². The molecule has 1 saturated carbocycles. The second-order valence-electron chi connectivity index (χ2n) is 9.65. The minimum absolute atomic E-state index is 0.00605. The molecular weight excluding hydrogens is 579 g/mol. The van der Waals surface area contributed by atoms with E-state index in [2.05, 4.69) is 9.89 Å². The molecule has 0 atom stereocenters. The van der Waals surface area contributed by atoms with E-state index in [1.54, 1.807) is 6.07 Å². The summed E-state index contributed by atoms with van der Waals surface area (Å²) >= 11 is 0. The Labute approximate surface area is 231 Å². The molecular formula is C28H24F7NO4S. The Kier molecular flexibility index (Phi) is 8.25. The lowest BCUT2D eigenvalue weighted by molar-refractivity contribution is -0.392. The largest absolute Gasteiger partial charge is 0.430 e. The second-order valence-corrected chi connectivity index (χ2v) is 11.9. The predicted octanol–water partition coefficient (Wildman–Crippen LogP) is 7.44. The van der Waals surface area contributed by atoms with Gasteiger partial charge in [-0.1, -0.05) is 59.8 Å². The number of benzene rings is 3. The summed E-state index contributed by atoms with van der Waals surface area (Å²) in [6.07, 6.45) is -12.2. The van der Waals surface area contributed by atoms with Crippen LogP contribution >= 0.6 is 0 Å². The summed E-state index contributed by atoms with van der Waals surface area (Å²) in [6, 6.07) is 13.9. The van der Waals surface area contributed by atoms with E-state index in [9.17, 15) is 39.2 Å². The molecule has 0 aromatic heterocycles. The molecule has 1 aliphatic carbocycles. The van der Waals surface area contributed by atoms with Gasteiger partial charge < -0.3 is 9.94 Å². The number of alkyl halides is 6. The summed E-state index contributed by atoms with van der Waals surface area (Å²) in [4.78, 5) is -0.279. The maximum atomic E-state index is 14.3. The highest BCUT2D eigenvalue weighted by Crippen LogP contribution is 2.54. The summed E-state index contributed by atoms with van der Waals surface area (Å²) in [5, 5.41) is 12.3. The van der Waals surface area contributed by atoms with Crippen LogP contribution in [0.2, 0.25) is 0 Å². The second kappa shape index (κ2) is 11.1. The number of oxime groups is 1. The highest BCUT2D eigenvalue weighted by atomic mass is 32.2. The maximum Gasteiger partial charge on any atom is 0.430 e. The lowest BCUT2D eigenvalue weighted by atomic mass is 9.81. The molecule has 1 aliphatic rings. The van der Waals surface area contributed by atoms with E-state index in [0.717, 1.165) is 36.4 Å². The van der Waals surface area contributed by atoms with E-state index in [0.29, 0.717) is 12.1 Å². The van der Waals surface area contributed by atoms with Crippen molar-refractivity contribution >= 4 is 15.5 Å². The number of rotatable bonds is 7. The van der Waals surface area contributed by atoms with Gasteiger partial charge in [0, 0.05) is 5.56 Å². The normalized spacial score (nSPS) is 18.8. The van der Waals surface area contributed by atoms with Crippen LogP contribution in [-0.2, 0) is 31.5 Å². The number of hydrogen-bond donors (Lipinski definition) is 1. The minimum Gasteiger partial charge on any atom is -0.411 e. The van der Waals surface area contributed by atoms with Crippen molar-refractivity contribution in [3.8, 4) is 0 Å². The highest BCUT2D eigenvalue weighted by Gasteiger charge is 2.73. The van der Waals surface area contributed by atoms with Gasteiger partial charge in [-0.2, -0.15) is 26.3 Å². The molecule has 4 rings (SSSR count). The number of hydrogen-bond acceptors (Lipinski definition) is 5. The average Bonchev–Trinajstić information content (AvgIpc) is 2.93. The summed E-state index contributed by atoms with van der Waals surface area (Å²) in [5.74, 6) is -0.702. The first-order chi connectivity index (χ1) is 19.2. The Morgan fingerprint density at radius 3 is 1.83 bits per heavy atom. The number of nitrogens with zero attached hydrogens (tertiary/aromatic N) is 1. The molecule has 1 fully saturated rings. The van der Waals surface area contributed by atoms with Crippen LogP contribution in [0.4, 0.5) is 30.7 Å². The van der Waals surface area contributed by atoms with E-state index >= 15 is 0 Å². The molecule has 3 aromatic carbocycles. The summed E-state index contributed by atoms with van der Waals surface area (Å²) in [6.45, 7) is -1.01. The molecule has 5 nitrogen and oxygen atoms in total. The Bertz CT molecular complexity index is 1460. The molecule has 0 spiro atoms. The first-order valence-electron chi connectivity index (χ1n) is 12.3. The third-order valence-electron chi connectivity index (χ3n) is 7.33. The predicted molar refractivity (Wildman–Crippen MR) is 134 cm³/mol. The molecule has 0 amide bonds. The van der Waals surface area contributed by atoms with Gasteiger partial charge in [-0.3, -0.25) is 0 Å². The third-order valence-corrected chi connectivity index (χ3v) is 9.89. The van der Waals surface area contributed by atoms with Gasteiger partial charge in [0.1, 0.15) is 10.6 Å². The fourth-order valence-electron chi connectivity index (χ4n) is 5.10. The Morgan fingerprint density at radius 1 is 0.805 bits per heavy atom. The lowest BCUT2D eigenvalue weighted by Gasteiger charge is -2.39. The quantitative estimate of drug-likeness (QED) is 0.132. The third kappa shape index (κ3) is 5.44. The topological polar surface area (TPSA) is 76.0 Å². The zero-order chi connectivity index (χ0) is 30.1. The zero-order valence-corrected chi connectivity index (χ0v) is 22.0. The molecule has 0 aliphatic heterocycles. The Morgan fingerprint density at radius 2 is 1.34 bits per heavy atom. The van der Waals surface area contributed by atoms with Crippen molar-refractivity contribution in [2.45, 2.75) is 59.9 Å². The Hall–Kier alpha value is -3.45. The number of sulfone groups is 1. The van der Waals surface area contributed by atoms with Gasteiger partial charge in [-0.25, -0.2) is 12.8 Å². The van der Waals surface area contributed by atoms with Gasteiger partial charge in [0.15, 0.2) is 9.84 Å². The van der Waals surface area contributed by atoms with Crippen LogP contribution < -0.4 is 0 Å². The molecule has 1 N–H and O–H groups in total. The molecule has 3 aromatic rings. The molecule has 0 radical (unpaired) electrons. The van der Waals surface area contributed by atoms with E-state index in [1.165, 1.54) is 24.3 Å². The van der Waals surface area contributed by atoms with Gasteiger partial charge in [0.05, 0.1) is 17.2 Å². The van der Waals surface area contributed by atoms with Crippen LogP contribution in [0.3, 0.4) is 0 Å². The molecule has 0 unspecified atom stereocenters. The van der Waals surface area contributed by atoms with Gasteiger partial charge in [0.25, 0.3) is 5.60 Å². The summed E-state index contributed by atoms with van der Waals surface area (Å²) < 4.78 is 130. The molecule has 0 saturated heterocycles.